The van der Waals surface area contributed by atoms with Gasteiger partial charge in [0.15, 0.2) is 0 Å². The fourth-order valence-electron chi connectivity index (χ4n) is 3.21. The molecule has 23 heavy (non-hydrogen) atoms. The lowest BCUT2D eigenvalue weighted by atomic mass is 9.93. The predicted octanol–water partition coefficient (Wildman–Crippen LogP) is 2.32. The van der Waals surface area contributed by atoms with E-state index in [2.05, 4.69) is 41.4 Å². The molecule has 1 fully saturated rings. The first-order chi connectivity index (χ1) is 11.2. The average molecular weight is 317 g/mol. The smallest absolute Gasteiger partial charge is 0.221 e. The van der Waals surface area contributed by atoms with Gasteiger partial charge < -0.3 is 11.1 Å². The topological polar surface area (TPSA) is 58.4 Å². The molecule has 0 saturated carbocycles. The number of nitrogens with two attached hydrogens (primary N) is 1. The maximum Gasteiger partial charge on any atom is 0.221 e. The van der Waals surface area contributed by atoms with Gasteiger partial charge in [-0.05, 0) is 55.8 Å². The van der Waals surface area contributed by atoms with E-state index in [0.717, 1.165) is 44.9 Å². The molecule has 4 heteroatoms. The van der Waals surface area contributed by atoms with Crippen LogP contribution in [0.1, 0.15) is 43.7 Å². The van der Waals surface area contributed by atoms with Crippen LogP contribution in [0.3, 0.4) is 0 Å². The van der Waals surface area contributed by atoms with Crippen molar-refractivity contribution in [3.05, 3.63) is 35.4 Å². The summed E-state index contributed by atoms with van der Waals surface area (Å²) in [7, 11) is 0. The zero-order valence-electron chi connectivity index (χ0n) is 14.4. The van der Waals surface area contributed by atoms with Crippen molar-refractivity contribution in [2.24, 2.45) is 11.7 Å². The molecule has 1 amide bonds. The Hall–Kier alpha value is -1.39. The molecule has 1 aliphatic heterocycles. The number of amides is 1. The Bertz CT molecular complexity index is 464. The van der Waals surface area contributed by atoms with Crippen molar-refractivity contribution >= 4 is 5.91 Å². The third-order valence-electron chi connectivity index (χ3n) is 4.79. The zero-order valence-corrected chi connectivity index (χ0v) is 14.4. The molecule has 1 aromatic carbocycles. The molecule has 1 heterocycles. The van der Waals surface area contributed by atoms with E-state index in [4.69, 9.17) is 5.73 Å². The molecule has 0 atom stereocenters. The van der Waals surface area contributed by atoms with Crippen LogP contribution in [0.2, 0.25) is 0 Å². The lowest BCUT2D eigenvalue weighted by Gasteiger charge is -2.32. The predicted molar refractivity (Wildman–Crippen MR) is 95.1 cm³/mol. The van der Waals surface area contributed by atoms with Crippen LogP contribution >= 0.6 is 0 Å². The van der Waals surface area contributed by atoms with Gasteiger partial charge in [-0.3, -0.25) is 9.69 Å². The highest BCUT2D eigenvalue weighted by Gasteiger charge is 2.19. The van der Waals surface area contributed by atoms with Crippen molar-refractivity contribution in [2.45, 2.75) is 45.6 Å². The monoisotopic (exact) mass is 317 g/mol. The van der Waals surface area contributed by atoms with Crippen molar-refractivity contribution in [3.8, 4) is 0 Å². The number of hydrogen-bond donors (Lipinski definition) is 2. The summed E-state index contributed by atoms with van der Waals surface area (Å²) >= 11 is 0. The molecule has 1 aromatic rings. The van der Waals surface area contributed by atoms with Gasteiger partial charge in [-0.15, -0.1) is 0 Å². The summed E-state index contributed by atoms with van der Waals surface area (Å²) in [5.41, 5.74) is 8.19. The fraction of sp³-hybridized carbons (Fsp3) is 0.632. The van der Waals surface area contributed by atoms with E-state index >= 15 is 0 Å². The molecular weight excluding hydrogens is 286 g/mol. The Kier molecular flexibility index (Phi) is 7.56. The minimum absolute atomic E-state index is 0.0838. The summed E-state index contributed by atoms with van der Waals surface area (Å²) in [6.45, 7) is 6.81. The summed E-state index contributed by atoms with van der Waals surface area (Å²) in [6.07, 6.45) is 5.11. The SMILES string of the molecule is CCc1ccc(CN2CCC(CCNC(=O)CCN)CC2)cc1. The van der Waals surface area contributed by atoms with Crippen LogP contribution in [0.25, 0.3) is 0 Å². The number of nitrogens with one attached hydrogen (secondary N) is 1. The normalized spacial score (nSPS) is 16.4. The van der Waals surface area contributed by atoms with Crippen LogP contribution in [-0.4, -0.2) is 37.0 Å². The molecule has 0 aromatic heterocycles. The van der Waals surface area contributed by atoms with Gasteiger partial charge >= 0.3 is 0 Å². The third-order valence-corrected chi connectivity index (χ3v) is 4.79. The Morgan fingerprint density at radius 3 is 2.48 bits per heavy atom. The highest BCUT2D eigenvalue weighted by atomic mass is 16.1. The average Bonchev–Trinajstić information content (AvgIpc) is 2.57. The number of rotatable bonds is 8. The van der Waals surface area contributed by atoms with Crippen molar-refractivity contribution < 1.29 is 4.79 Å². The van der Waals surface area contributed by atoms with Crippen LogP contribution in [-0.2, 0) is 17.8 Å². The lowest BCUT2D eigenvalue weighted by Crippen LogP contribution is -2.35. The number of hydrogen-bond acceptors (Lipinski definition) is 3. The van der Waals surface area contributed by atoms with E-state index in [1.165, 1.54) is 24.0 Å². The van der Waals surface area contributed by atoms with Crippen LogP contribution in [0.4, 0.5) is 0 Å². The van der Waals surface area contributed by atoms with E-state index in [1.807, 2.05) is 0 Å². The van der Waals surface area contributed by atoms with Crippen LogP contribution < -0.4 is 11.1 Å². The number of piperidine rings is 1. The number of likely N-dealkylation sites (tertiary alicyclic amines) is 1. The summed E-state index contributed by atoms with van der Waals surface area (Å²) in [5.74, 6) is 0.826. The highest BCUT2D eigenvalue weighted by Crippen LogP contribution is 2.21. The first-order valence-electron chi connectivity index (χ1n) is 8.98. The van der Waals surface area contributed by atoms with Crippen LogP contribution in [0, 0.1) is 5.92 Å². The van der Waals surface area contributed by atoms with Gasteiger partial charge in [0.25, 0.3) is 0 Å². The molecule has 3 N–H and O–H groups in total. The molecule has 0 spiro atoms. The molecule has 0 aliphatic carbocycles. The summed E-state index contributed by atoms with van der Waals surface area (Å²) in [4.78, 5) is 13.9. The second kappa shape index (κ2) is 9.68. The first kappa shape index (κ1) is 18.0. The quantitative estimate of drug-likeness (QED) is 0.773. The molecule has 0 radical (unpaired) electrons. The fourth-order valence-corrected chi connectivity index (χ4v) is 3.21. The van der Waals surface area contributed by atoms with Gasteiger partial charge in [-0.1, -0.05) is 31.2 Å². The molecule has 4 nitrogen and oxygen atoms in total. The van der Waals surface area contributed by atoms with E-state index in [-0.39, 0.29) is 5.91 Å². The maximum atomic E-state index is 11.4. The van der Waals surface area contributed by atoms with Gasteiger partial charge in [-0.2, -0.15) is 0 Å². The molecule has 0 unspecified atom stereocenters. The summed E-state index contributed by atoms with van der Waals surface area (Å²) < 4.78 is 0. The molecule has 128 valence electrons. The van der Waals surface area contributed by atoms with E-state index < -0.39 is 0 Å². The van der Waals surface area contributed by atoms with Crippen LogP contribution in [0.15, 0.2) is 24.3 Å². The third kappa shape index (κ3) is 6.32. The lowest BCUT2D eigenvalue weighted by molar-refractivity contribution is -0.120. The second-order valence-corrected chi connectivity index (χ2v) is 6.57. The minimum atomic E-state index is 0.0838. The molecule has 1 aliphatic rings. The molecule has 1 saturated heterocycles. The van der Waals surface area contributed by atoms with Crippen molar-refractivity contribution in [2.75, 3.05) is 26.2 Å². The number of nitrogens with zero attached hydrogens (tertiary/aromatic N) is 1. The largest absolute Gasteiger partial charge is 0.356 e. The van der Waals surface area contributed by atoms with E-state index in [9.17, 15) is 4.79 Å². The summed E-state index contributed by atoms with van der Waals surface area (Å²) in [5, 5.41) is 2.96. The highest BCUT2D eigenvalue weighted by molar-refractivity contribution is 5.75. The van der Waals surface area contributed by atoms with Gasteiger partial charge in [0.2, 0.25) is 5.91 Å². The van der Waals surface area contributed by atoms with Gasteiger partial charge in [0.05, 0.1) is 0 Å². The number of carbonyl (C=O) groups excluding carboxylic acids is 1. The summed E-state index contributed by atoms with van der Waals surface area (Å²) in [6, 6.07) is 9.01. The van der Waals surface area contributed by atoms with Gasteiger partial charge in [0, 0.05) is 26.1 Å². The Morgan fingerprint density at radius 2 is 1.87 bits per heavy atom. The molecule has 0 bridgehead atoms. The second-order valence-electron chi connectivity index (χ2n) is 6.57. The molecular formula is C19H31N3O. The van der Waals surface area contributed by atoms with Crippen molar-refractivity contribution in [3.63, 3.8) is 0 Å². The number of benzene rings is 1. The maximum absolute atomic E-state index is 11.4. The standard InChI is InChI=1S/C19H31N3O/c1-2-16-3-5-18(6-4-16)15-22-13-9-17(10-14-22)8-12-21-19(23)7-11-20/h3-6,17H,2,7-15,20H2,1H3,(H,21,23). The Labute approximate surface area is 140 Å². The van der Waals surface area contributed by atoms with E-state index in [0.29, 0.717) is 13.0 Å². The number of carbonyl (C=O) groups is 1. The van der Waals surface area contributed by atoms with Gasteiger partial charge in [0.1, 0.15) is 0 Å². The van der Waals surface area contributed by atoms with Crippen LogP contribution in [0.5, 0.6) is 0 Å². The first-order valence-corrected chi connectivity index (χ1v) is 8.98. The molecule has 2 rings (SSSR count). The Balaban J connectivity index is 1.64. The van der Waals surface area contributed by atoms with E-state index in [1.54, 1.807) is 0 Å². The van der Waals surface area contributed by atoms with Crippen molar-refractivity contribution in [1.29, 1.82) is 0 Å². The van der Waals surface area contributed by atoms with Gasteiger partial charge in [-0.25, -0.2) is 0 Å². The number of aryl methyl sites for hydroxylation is 1. The minimum Gasteiger partial charge on any atom is -0.356 e. The Morgan fingerprint density at radius 1 is 1.22 bits per heavy atom. The van der Waals surface area contributed by atoms with Crippen molar-refractivity contribution in [1.82, 2.24) is 10.2 Å². The zero-order chi connectivity index (χ0) is 16.5.